The lowest BCUT2D eigenvalue weighted by Crippen LogP contribution is -2.45. The molecule has 7 aromatic carbocycles. The number of hydrogen-bond donors (Lipinski definition) is 0. The first-order valence-corrected chi connectivity index (χ1v) is 34.7. The van der Waals surface area contributed by atoms with Gasteiger partial charge in [-0.1, -0.05) is 140 Å². The van der Waals surface area contributed by atoms with Crippen LogP contribution in [0.1, 0.15) is 204 Å². The van der Waals surface area contributed by atoms with Crippen LogP contribution in [-0.4, -0.2) is 25.7 Å². The molecule has 8 nitrogen and oxygen atoms in total. The van der Waals surface area contributed by atoms with Crippen molar-refractivity contribution in [2.75, 3.05) is 29.4 Å². The standard InChI is InChI=1S/C87H92N6O2/c1-82(2,3)64-36-60-37-65(83(4,5)6)46-74-75-47-67(39-61-38-66(84(7,8)9)45-73(79(61)75)72(44-64)78(60)74)87(14,15)48-68-23-22-57-33-53(32-55-19-17-30-93(68)80(55)57)20-24-69-40-58(62(49-88)50-89)41-71(94-69)26-27-86(12,13)77-43-59(63(51-90)52-91)42-70(95-77)25-21-54-34-56-18-16-29-92-31-28-85(10,11)76(35-54)81(56)92/h20-21,24-25,32-47,68H,16-19,22-23,26-31,48H2,1-15H3/b24-20+,25-21+. The van der Waals surface area contributed by atoms with Crippen LogP contribution in [0.2, 0.25) is 0 Å². The second-order valence-corrected chi connectivity index (χ2v) is 33.2. The van der Waals surface area contributed by atoms with Gasteiger partial charge in [0.2, 0.25) is 0 Å². The summed E-state index contributed by atoms with van der Waals surface area (Å²) in [6.07, 6.45) is 24.8. The lowest BCUT2D eigenvalue weighted by molar-refractivity contribution is 0.191. The third kappa shape index (κ3) is 12.2. The van der Waals surface area contributed by atoms with Crippen LogP contribution in [-0.2, 0) is 55.8 Å². The molecule has 6 aliphatic heterocycles. The maximum absolute atomic E-state index is 10.2. The van der Waals surface area contributed by atoms with Gasteiger partial charge in [-0.2, -0.15) is 21.0 Å². The summed E-state index contributed by atoms with van der Waals surface area (Å²) < 4.78 is 13.4. The molecule has 0 aliphatic carbocycles. The summed E-state index contributed by atoms with van der Waals surface area (Å²) in [6, 6.07) is 38.3. The maximum atomic E-state index is 10.2. The van der Waals surface area contributed by atoms with Gasteiger partial charge in [-0.25, -0.2) is 0 Å². The molecule has 0 bridgehead atoms. The molecule has 7 aromatic rings. The van der Waals surface area contributed by atoms with Crippen molar-refractivity contribution in [1.29, 1.82) is 21.0 Å². The molecule has 0 spiro atoms. The van der Waals surface area contributed by atoms with Gasteiger partial charge < -0.3 is 19.3 Å². The Morgan fingerprint density at radius 2 is 0.989 bits per heavy atom. The smallest absolute Gasteiger partial charge is 0.137 e. The van der Waals surface area contributed by atoms with Gasteiger partial charge in [0.1, 0.15) is 58.5 Å². The molecule has 0 N–H and O–H groups in total. The van der Waals surface area contributed by atoms with Crippen LogP contribution in [0.25, 0.3) is 55.2 Å². The summed E-state index contributed by atoms with van der Waals surface area (Å²) in [5.74, 6) is 2.32. The van der Waals surface area contributed by atoms with E-state index in [4.69, 9.17) is 9.47 Å². The van der Waals surface area contributed by atoms with Crippen LogP contribution in [0.3, 0.4) is 0 Å². The van der Waals surface area contributed by atoms with Gasteiger partial charge in [-0.15, -0.1) is 0 Å². The highest BCUT2D eigenvalue weighted by Gasteiger charge is 2.38. The summed E-state index contributed by atoms with van der Waals surface area (Å²) in [5, 5.41) is 51.4. The van der Waals surface area contributed by atoms with E-state index < -0.39 is 5.41 Å². The van der Waals surface area contributed by atoms with Crippen LogP contribution < -0.4 is 9.80 Å². The number of ether oxygens (including phenoxy) is 2. The fourth-order valence-corrected chi connectivity index (χ4v) is 16.0. The highest BCUT2D eigenvalue weighted by Crippen LogP contribution is 2.50. The number of allylic oxidation sites excluding steroid dienone is 12. The van der Waals surface area contributed by atoms with E-state index in [0.717, 1.165) is 82.1 Å². The zero-order chi connectivity index (χ0) is 67.5. The minimum Gasteiger partial charge on any atom is -0.462 e. The van der Waals surface area contributed by atoms with Crippen LogP contribution in [0.5, 0.6) is 0 Å². The number of fused-ring (bicyclic) bond motifs is 2. The second-order valence-electron chi connectivity index (χ2n) is 33.2. The molecule has 0 radical (unpaired) electrons. The molecule has 1 unspecified atom stereocenters. The number of rotatable bonds is 11. The number of aryl methyl sites for hydroxylation is 3. The average molecular weight is 1250 g/mol. The molecule has 0 amide bonds. The molecule has 0 saturated carbocycles. The maximum Gasteiger partial charge on any atom is 0.137 e. The molecule has 0 saturated heterocycles. The molecule has 1 atom stereocenters. The van der Waals surface area contributed by atoms with Crippen molar-refractivity contribution in [2.24, 2.45) is 5.41 Å². The van der Waals surface area contributed by atoms with Gasteiger partial charge in [-0.05, 0) is 269 Å². The Bertz CT molecular complexity index is 4780. The Balaban J connectivity index is 0.751. The molecule has 6 heterocycles. The predicted octanol–water partition coefficient (Wildman–Crippen LogP) is 21.3. The Hall–Kier alpha value is -9.08. The molecule has 95 heavy (non-hydrogen) atoms. The quantitative estimate of drug-likeness (QED) is 0.0713. The van der Waals surface area contributed by atoms with Crippen LogP contribution in [0.4, 0.5) is 11.4 Å². The van der Waals surface area contributed by atoms with Crippen molar-refractivity contribution < 1.29 is 9.47 Å². The first-order valence-electron chi connectivity index (χ1n) is 34.7. The van der Waals surface area contributed by atoms with Crippen LogP contribution in [0.15, 0.2) is 155 Å². The van der Waals surface area contributed by atoms with E-state index >= 15 is 0 Å². The Labute approximate surface area is 564 Å². The fraction of sp³-hybridized carbons (Fsp3) is 0.402. The van der Waals surface area contributed by atoms with E-state index in [-0.39, 0.29) is 38.2 Å². The zero-order valence-corrected chi connectivity index (χ0v) is 58.8. The highest BCUT2D eigenvalue weighted by atomic mass is 16.5. The third-order valence-electron chi connectivity index (χ3n) is 21.8. The highest BCUT2D eigenvalue weighted by molar-refractivity contribution is 6.33. The van der Waals surface area contributed by atoms with Crippen molar-refractivity contribution in [3.05, 3.63) is 210 Å². The van der Waals surface area contributed by atoms with Crippen LogP contribution in [0, 0.1) is 50.7 Å². The van der Waals surface area contributed by atoms with E-state index in [0.29, 0.717) is 53.1 Å². The summed E-state index contributed by atoms with van der Waals surface area (Å²) in [4.78, 5) is 5.31. The van der Waals surface area contributed by atoms with Crippen molar-refractivity contribution in [1.82, 2.24) is 0 Å². The molecular formula is C87H92N6O2. The summed E-state index contributed by atoms with van der Waals surface area (Å²) in [7, 11) is 0. The van der Waals surface area contributed by atoms with E-state index in [1.807, 2.05) is 18.2 Å². The molecule has 8 heteroatoms. The summed E-state index contributed by atoms with van der Waals surface area (Å²) >= 11 is 0. The van der Waals surface area contributed by atoms with E-state index in [2.05, 4.69) is 223 Å². The first-order chi connectivity index (χ1) is 44.9. The minimum atomic E-state index is -0.603. The topological polar surface area (TPSA) is 120 Å². The van der Waals surface area contributed by atoms with E-state index in [1.165, 1.54) is 99.0 Å². The molecule has 0 aromatic heterocycles. The minimum absolute atomic E-state index is 0.00336. The molecule has 482 valence electrons. The Kier molecular flexibility index (Phi) is 16.1. The largest absolute Gasteiger partial charge is 0.462 e. The van der Waals surface area contributed by atoms with Crippen molar-refractivity contribution in [3.63, 3.8) is 0 Å². The van der Waals surface area contributed by atoms with Crippen molar-refractivity contribution >= 4 is 66.6 Å². The average Bonchev–Trinajstić information content (AvgIpc) is 0.709. The summed E-state index contributed by atoms with van der Waals surface area (Å²) in [6.45, 7) is 38.2. The SMILES string of the molecule is CC(C)(CCC1=CC(=C(C#N)C#N)C=C(/C=C/c2cc3c4c(c2)CCC(CC(C)(C)c2cc5cc(C(C)(C)C)cc6c7cc(C(C)(C)C)cc8cc(C(C)(C)C)cc(c(c2)c56)c87)N4CCC3)O1)C1=CC(=C(C#N)C#N)C=C(/C=C/c2cc3c4c(c2)C(C)(C)CCN4CCC3)O1. The Morgan fingerprint density at radius 3 is 1.53 bits per heavy atom. The monoisotopic (exact) mass is 1250 g/mol. The molecule has 0 fully saturated rings. The van der Waals surface area contributed by atoms with Crippen LogP contribution >= 0.6 is 0 Å². The zero-order valence-electron chi connectivity index (χ0n) is 58.8. The lowest BCUT2D eigenvalue weighted by atomic mass is 9.73. The number of anilines is 2. The lowest BCUT2D eigenvalue weighted by Gasteiger charge is -2.46. The number of benzene rings is 7. The molecule has 13 rings (SSSR count). The van der Waals surface area contributed by atoms with E-state index in [1.54, 1.807) is 18.2 Å². The van der Waals surface area contributed by atoms with Gasteiger partial charge >= 0.3 is 0 Å². The Morgan fingerprint density at radius 1 is 0.516 bits per heavy atom. The van der Waals surface area contributed by atoms with E-state index in [9.17, 15) is 21.0 Å². The number of hydrogen-bond acceptors (Lipinski definition) is 8. The van der Waals surface area contributed by atoms with Crippen molar-refractivity contribution in [3.8, 4) is 24.3 Å². The number of nitrogens with zero attached hydrogens (tertiary/aromatic N) is 6. The first kappa shape index (κ1) is 64.6. The fourth-order valence-electron chi connectivity index (χ4n) is 16.0. The van der Waals surface area contributed by atoms with Gasteiger partial charge in [0.15, 0.2) is 0 Å². The summed E-state index contributed by atoms with van der Waals surface area (Å²) in [5.41, 5.74) is 16.3. The second kappa shape index (κ2) is 23.7. The molecular weight excluding hydrogens is 1160 g/mol. The normalized spacial score (nSPS) is 18.2. The van der Waals surface area contributed by atoms with Gasteiger partial charge in [0, 0.05) is 60.0 Å². The van der Waals surface area contributed by atoms with Gasteiger partial charge in [0.25, 0.3) is 0 Å². The van der Waals surface area contributed by atoms with Gasteiger partial charge in [0.05, 0.1) is 0 Å². The van der Waals surface area contributed by atoms with Gasteiger partial charge in [-0.3, -0.25) is 0 Å². The van der Waals surface area contributed by atoms with Crippen molar-refractivity contribution in [2.45, 2.75) is 201 Å². The molecule has 6 aliphatic rings. The predicted molar refractivity (Wildman–Crippen MR) is 392 cm³/mol. The number of nitriles is 4. The third-order valence-corrected chi connectivity index (χ3v) is 21.8.